The van der Waals surface area contributed by atoms with Crippen molar-refractivity contribution in [3.63, 3.8) is 0 Å². The minimum absolute atomic E-state index is 0.277. The highest BCUT2D eigenvalue weighted by molar-refractivity contribution is 7.99. The predicted molar refractivity (Wildman–Crippen MR) is 58.8 cm³/mol. The number of carbonyl (C=O) groups excluding carboxylic acids is 1. The smallest absolute Gasteiger partial charge is 0.164 e. The molecule has 0 N–H and O–H groups in total. The lowest BCUT2D eigenvalue weighted by atomic mass is 10.1. The van der Waals surface area contributed by atoms with Crippen molar-refractivity contribution in [1.82, 2.24) is 0 Å². The number of Topliss-reactive ketones (excluding diaryl/α,β-unsaturated/α-hetero) is 1. The van der Waals surface area contributed by atoms with Gasteiger partial charge in [0.05, 0.1) is 0 Å². The Kier molecular flexibility index (Phi) is 2.65. The van der Waals surface area contributed by atoms with E-state index >= 15 is 0 Å². The second-order valence-electron chi connectivity index (χ2n) is 3.01. The van der Waals surface area contributed by atoms with E-state index in [9.17, 15) is 4.79 Å². The van der Waals surface area contributed by atoms with E-state index in [1.54, 1.807) is 11.8 Å². The Balaban J connectivity index is 2.45. The third-order valence-corrected chi connectivity index (χ3v) is 3.54. The zero-order valence-electron chi connectivity index (χ0n) is 7.12. The zero-order chi connectivity index (χ0) is 9.26. The highest BCUT2D eigenvalue weighted by atomic mass is 32.2. The fraction of sp³-hybridized carbons (Fsp3) is 0.300. The molecule has 0 saturated carbocycles. The quantitative estimate of drug-likeness (QED) is 0.718. The van der Waals surface area contributed by atoms with Crippen LogP contribution in [0.2, 0.25) is 0 Å². The van der Waals surface area contributed by atoms with Crippen LogP contribution in [0, 0.1) is 0 Å². The van der Waals surface area contributed by atoms with Crippen LogP contribution in [0.25, 0.3) is 0 Å². The second kappa shape index (κ2) is 3.76. The van der Waals surface area contributed by atoms with Crippen LogP contribution in [0.5, 0.6) is 0 Å². The van der Waals surface area contributed by atoms with Crippen LogP contribution in [0.4, 0.5) is 0 Å². The molecular weight excluding hydrogens is 200 g/mol. The summed E-state index contributed by atoms with van der Waals surface area (Å²) in [5, 5.41) is 0. The molecule has 0 fully saturated rings. The van der Waals surface area contributed by atoms with Gasteiger partial charge in [0.2, 0.25) is 0 Å². The lowest BCUT2D eigenvalue weighted by molar-refractivity contribution is 0.0985. The molecule has 68 valence electrons. The number of thiol groups is 1. The van der Waals surface area contributed by atoms with Crippen LogP contribution in [-0.4, -0.2) is 11.5 Å². The molecule has 3 heteroatoms. The van der Waals surface area contributed by atoms with Crippen LogP contribution < -0.4 is 0 Å². The summed E-state index contributed by atoms with van der Waals surface area (Å²) in [6.07, 6.45) is 0.678. The predicted octanol–water partition coefficient (Wildman–Crippen LogP) is 2.79. The molecule has 1 aliphatic rings. The number of rotatable bonds is 1. The normalized spacial score (nSPS) is 15.6. The number of fused-ring (bicyclic) bond motifs is 1. The molecule has 0 spiro atoms. The SMILES string of the molecule is O=C1CCSc2cc(CS)ccc21. The van der Waals surface area contributed by atoms with Crippen molar-refractivity contribution in [2.24, 2.45) is 0 Å². The molecule has 0 bridgehead atoms. The largest absolute Gasteiger partial charge is 0.294 e. The Morgan fingerprint density at radius 3 is 3.08 bits per heavy atom. The fourth-order valence-electron chi connectivity index (χ4n) is 1.40. The number of carbonyl (C=O) groups is 1. The molecule has 1 aromatic rings. The van der Waals surface area contributed by atoms with Crippen molar-refractivity contribution in [2.75, 3.05) is 5.75 Å². The highest BCUT2D eigenvalue weighted by Gasteiger charge is 2.17. The van der Waals surface area contributed by atoms with Gasteiger partial charge in [-0.3, -0.25) is 4.79 Å². The molecule has 1 heterocycles. The molecule has 0 radical (unpaired) electrons. The van der Waals surface area contributed by atoms with Gasteiger partial charge < -0.3 is 0 Å². The van der Waals surface area contributed by atoms with E-state index < -0.39 is 0 Å². The van der Waals surface area contributed by atoms with Crippen molar-refractivity contribution in [1.29, 1.82) is 0 Å². The molecule has 0 saturated heterocycles. The summed E-state index contributed by atoms with van der Waals surface area (Å²) >= 11 is 5.97. The fourth-order valence-corrected chi connectivity index (χ4v) is 2.68. The van der Waals surface area contributed by atoms with Crippen molar-refractivity contribution >= 4 is 30.2 Å². The van der Waals surface area contributed by atoms with Gasteiger partial charge in [-0.05, 0) is 17.7 Å². The average molecular weight is 210 g/mol. The molecule has 0 atom stereocenters. The van der Waals surface area contributed by atoms with Gasteiger partial charge in [0, 0.05) is 28.4 Å². The Morgan fingerprint density at radius 1 is 1.46 bits per heavy atom. The summed E-state index contributed by atoms with van der Waals surface area (Å²) in [6, 6.07) is 5.98. The van der Waals surface area contributed by atoms with E-state index in [1.165, 1.54) is 5.56 Å². The maximum Gasteiger partial charge on any atom is 0.164 e. The van der Waals surface area contributed by atoms with Crippen molar-refractivity contribution < 1.29 is 4.79 Å². The standard InChI is InChI=1S/C10H10OS2/c11-9-3-4-13-10-5-7(6-12)1-2-8(9)10/h1-2,5,12H,3-4,6H2. The molecule has 0 unspecified atom stereocenters. The van der Waals surface area contributed by atoms with Crippen molar-refractivity contribution in [3.8, 4) is 0 Å². The molecular formula is C10H10OS2. The summed E-state index contributed by atoms with van der Waals surface area (Å²) in [4.78, 5) is 12.6. The molecule has 1 aromatic carbocycles. The van der Waals surface area contributed by atoms with Crippen LogP contribution in [0.1, 0.15) is 22.3 Å². The molecule has 2 rings (SSSR count). The van der Waals surface area contributed by atoms with E-state index in [1.807, 2.05) is 12.1 Å². The van der Waals surface area contributed by atoms with Gasteiger partial charge in [-0.15, -0.1) is 11.8 Å². The van der Waals surface area contributed by atoms with Crippen LogP contribution >= 0.6 is 24.4 Å². The first-order valence-corrected chi connectivity index (χ1v) is 5.83. The van der Waals surface area contributed by atoms with Gasteiger partial charge in [-0.25, -0.2) is 0 Å². The molecule has 13 heavy (non-hydrogen) atoms. The lowest BCUT2D eigenvalue weighted by Crippen LogP contribution is -2.08. The van der Waals surface area contributed by atoms with Crippen molar-refractivity contribution in [3.05, 3.63) is 29.3 Å². The monoisotopic (exact) mass is 210 g/mol. The van der Waals surface area contributed by atoms with E-state index in [0.717, 1.165) is 22.0 Å². The van der Waals surface area contributed by atoms with Crippen LogP contribution in [0.15, 0.2) is 23.1 Å². The van der Waals surface area contributed by atoms with Crippen LogP contribution in [0.3, 0.4) is 0 Å². The van der Waals surface area contributed by atoms with Gasteiger partial charge in [-0.1, -0.05) is 6.07 Å². The average Bonchev–Trinajstić information content (AvgIpc) is 2.18. The minimum Gasteiger partial charge on any atom is -0.294 e. The lowest BCUT2D eigenvalue weighted by Gasteiger charge is -2.14. The number of ketones is 1. The Bertz CT molecular complexity index is 347. The van der Waals surface area contributed by atoms with Gasteiger partial charge in [0.1, 0.15) is 0 Å². The third-order valence-electron chi connectivity index (χ3n) is 2.12. The summed E-state index contributed by atoms with van der Waals surface area (Å²) in [5.74, 6) is 1.93. The maximum atomic E-state index is 11.5. The molecule has 0 amide bonds. The number of hydrogen-bond donors (Lipinski definition) is 1. The summed E-state index contributed by atoms with van der Waals surface area (Å²) in [5.41, 5.74) is 2.08. The first-order chi connectivity index (χ1) is 6.31. The minimum atomic E-state index is 0.277. The number of benzene rings is 1. The number of hydrogen-bond acceptors (Lipinski definition) is 3. The zero-order valence-corrected chi connectivity index (χ0v) is 8.83. The maximum absolute atomic E-state index is 11.5. The topological polar surface area (TPSA) is 17.1 Å². The Morgan fingerprint density at radius 2 is 2.31 bits per heavy atom. The van der Waals surface area contributed by atoms with E-state index in [4.69, 9.17) is 0 Å². The second-order valence-corrected chi connectivity index (χ2v) is 4.46. The first kappa shape index (κ1) is 9.16. The Hall–Kier alpha value is -0.410. The molecule has 0 aromatic heterocycles. The van der Waals surface area contributed by atoms with Gasteiger partial charge in [0.15, 0.2) is 5.78 Å². The van der Waals surface area contributed by atoms with Gasteiger partial charge >= 0.3 is 0 Å². The summed E-state index contributed by atoms with van der Waals surface area (Å²) in [6.45, 7) is 0. The van der Waals surface area contributed by atoms with Gasteiger partial charge in [0.25, 0.3) is 0 Å². The summed E-state index contributed by atoms with van der Waals surface area (Å²) in [7, 11) is 0. The van der Waals surface area contributed by atoms with E-state index in [-0.39, 0.29) is 5.78 Å². The molecule has 1 aliphatic heterocycles. The molecule has 1 nitrogen and oxygen atoms in total. The third kappa shape index (κ3) is 1.76. The van der Waals surface area contributed by atoms with Crippen molar-refractivity contribution in [2.45, 2.75) is 17.1 Å². The van der Waals surface area contributed by atoms with E-state index in [2.05, 4.69) is 18.7 Å². The van der Waals surface area contributed by atoms with Gasteiger partial charge in [-0.2, -0.15) is 12.6 Å². The number of thioether (sulfide) groups is 1. The first-order valence-electron chi connectivity index (χ1n) is 4.21. The molecule has 0 aliphatic carbocycles. The van der Waals surface area contributed by atoms with E-state index in [0.29, 0.717) is 6.42 Å². The van der Waals surface area contributed by atoms with Crippen LogP contribution in [-0.2, 0) is 5.75 Å². The summed E-state index contributed by atoms with van der Waals surface area (Å²) < 4.78 is 0. The Labute approximate surface area is 87.3 Å². The highest BCUT2D eigenvalue weighted by Crippen LogP contribution is 2.30.